The molecule has 0 aliphatic carbocycles. The fourth-order valence-corrected chi connectivity index (χ4v) is 1.48. The van der Waals surface area contributed by atoms with E-state index in [-0.39, 0.29) is 12.6 Å². The van der Waals surface area contributed by atoms with Crippen LogP contribution in [0.25, 0.3) is 0 Å². The van der Waals surface area contributed by atoms with Gasteiger partial charge in [0.2, 0.25) is 0 Å². The van der Waals surface area contributed by atoms with Crippen molar-refractivity contribution in [1.29, 1.82) is 0 Å². The lowest BCUT2D eigenvalue weighted by molar-refractivity contribution is 0.276. The standard InChI is InChI=1S/C12H13N3O/c16-9-11(10-5-2-1-3-6-10)14-12-7-4-8-13-15-12/h1-8,11,16H,9H2,(H,14,15). The van der Waals surface area contributed by atoms with Gasteiger partial charge in [0.05, 0.1) is 12.6 Å². The highest BCUT2D eigenvalue weighted by molar-refractivity contribution is 5.36. The molecule has 4 nitrogen and oxygen atoms in total. The first kappa shape index (κ1) is 10.6. The van der Waals surface area contributed by atoms with Gasteiger partial charge in [-0.1, -0.05) is 30.3 Å². The van der Waals surface area contributed by atoms with Crippen LogP contribution in [0.2, 0.25) is 0 Å². The summed E-state index contributed by atoms with van der Waals surface area (Å²) < 4.78 is 0. The number of aliphatic hydroxyl groups is 1. The summed E-state index contributed by atoms with van der Waals surface area (Å²) in [5.41, 5.74) is 1.02. The van der Waals surface area contributed by atoms with Gasteiger partial charge in [-0.05, 0) is 17.7 Å². The average molecular weight is 215 g/mol. The Labute approximate surface area is 94.0 Å². The Balaban J connectivity index is 2.13. The highest BCUT2D eigenvalue weighted by Gasteiger charge is 2.09. The zero-order chi connectivity index (χ0) is 11.2. The molecule has 0 amide bonds. The van der Waals surface area contributed by atoms with Crippen LogP contribution in [-0.2, 0) is 0 Å². The molecule has 2 N–H and O–H groups in total. The predicted octanol–water partition coefficient (Wildman–Crippen LogP) is 1.62. The van der Waals surface area contributed by atoms with Crippen molar-refractivity contribution >= 4 is 5.82 Å². The Kier molecular flexibility index (Phi) is 3.46. The van der Waals surface area contributed by atoms with Gasteiger partial charge in [0.1, 0.15) is 5.82 Å². The van der Waals surface area contributed by atoms with Gasteiger partial charge in [0.15, 0.2) is 0 Å². The largest absolute Gasteiger partial charge is 0.394 e. The van der Waals surface area contributed by atoms with Gasteiger partial charge < -0.3 is 10.4 Å². The van der Waals surface area contributed by atoms with Gasteiger partial charge >= 0.3 is 0 Å². The number of nitrogens with zero attached hydrogens (tertiary/aromatic N) is 2. The molecule has 0 bridgehead atoms. The molecule has 0 spiro atoms. The summed E-state index contributed by atoms with van der Waals surface area (Å²) in [5, 5.41) is 20.1. The Bertz CT molecular complexity index is 419. The van der Waals surface area contributed by atoms with Crippen LogP contribution < -0.4 is 5.32 Å². The fourth-order valence-electron chi connectivity index (χ4n) is 1.48. The maximum atomic E-state index is 9.33. The van der Waals surface area contributed by atoms with E-state index in [1.54, 1.807) is 12.3 Å². The van der Waals surface area contributed by atoms with Crippen molar-refractivity contribution in [3.63, 3.8) is 0 Å². The van der Waals surface area contributed by atoms with Gasteiger partial charge in [-0.25, -0.2) is 0 Å². The molecule has 0 aliphatic heterocycles. The summed E-state index contributed by atoms with van der Waals surface area (Å²) in [5.74, 6) is 0.658. The van der Waals surface area contributed by atoms with Crippen molar-refractivity contribution in [3.8, 4) is 0 Å². The molecule has 0 fully saturated rings. The molecule has 0 saturated carbocycles. The number of hydrogen-bond acceptors (Lipinski definition) is 4. The van der Waals surface area contributed by atoms with E-state index in [9.17, 15) is 5.11 Å². The van der Waals surface area contributed by atoms with E-state index in [1.165, 1.54) is 0 Å². The lowest BCUT2D eigenvalue weighted by atomic mass is 10.1. The van der Waals surface area contributed by atoms with Crippen molar-refractivity contribution in [2.24, 2.45) is 0 Å². The van der Waals surface area contributed by atoms with Gasteiger partial charge in [0, 0.05) is 6.20 Å². The minimum Gasteiger partial charge on any atom is -0.394 e. The Morgan fingerprint density at radius 1 is 1.12 bits per heavy atom. The number of aliphatic hydroxyl groups excluding tert-OH is 1. The first-order valence-electron chi connectivity index (χ1n) is 5.10. The minimum atomic E-state index is -0.155. The van der Waals surface area contributed by atoms with Crippen LogP contribution in [0.5, 0.6) is 0 Å². The van der Waals surface area contributed by atoms with Crippen LogP contribution in [0, 0.1) is 0 Å². The van der Waals surface area contributed by atoms with Crippen molar-refractivity contribution in [1.82, 2.24) is 10.2 Å². The third kappa shape index (κ3) is 2.55. The second-order valence-corrected chi connectivity index (χ2v) is 3.40. The molecule has 0 radical (unpaired) electrons. The third-order valence-electron chi connectivity index (χ3n) is 2.28. The van der Waals surface area contributed by atoms with Gasteiger partial charge in [-0.3, -0.25) is 0 Å². The number of hydrogen-bond donors (Lipinski definition) is 2. The summed E-state index contributed by atoms with van der Waals surface area (Å²) >= 11 is 0. The summed E-state index contributed by atoms with van der Waals surface area (Å²) in [6.45, 7) is 0.0145. The van der Waals surface area contributed by atoms with E-state index >= 15 is 0 Å². The summed E-state index contributed by atoms with van der Waals surface area (Å²) in [7, 11) is 0. The highest BCUT2D eigenvalue weighted by Crippen LogP contribution is 2.16. The molecule has 4 heteroatoms. The smallest absolute Gasteiger partial charge is 0.149 e. The van der Waals surface area contributed by atoms with E-state index < -0.39 is 0 Å². The second-order valence-electron chi connectivity index (χ2n) is 3.40. The topological polar surface area (TPSA) is 58.0 Å². The molecular formula is C12H13N3O. The molecule has 1 atom stereocenters. The molecule has 82 valence electrons. The van der Waals surface area contributed by atoms with E-state index in [4.69, 9.17) is 0 Å². The van der Waals surface area contributed by atoms with E-state index in [0.717, 1.165) is 5.56 Å². The zero-order valence-electron chi connectivity index (χ0n) is 8.74. The molecule has 1 aromatic heterocycles. The lowest BCUT2D eigenvalue weighted by Gasteiger charge is -2.16. The van der Waals surface area contributed by atoms with Gasteiger partial charge in [-0.15, -0.1) is 5.10 Å². The molecule has 1 unspecified atom stereocenters. The van der Waals surface area contributed by atoms with Gasteiger partial charge in [-0.2, -0.15) is 5.10 Å². The van der Waals surface area contributed by atoms with Crippen molar-refractivity contribution in [2.75, 3.05) is 11.9 Å². The Morgan fingerprint density at radius 3 is 2.56 bits per heavy atom. The summed E-state index contributed by atoms with van der Waals surface area (Å²) in [6.07, 6.45) is 1.61. The van der Waals surface area contributed by atoms with E-state index in [2.05, 4.69) is 15.5 Å². The number of aromatic nitrogens is 2. The van der Waals surface area contributed by atoms with Crippen molar-refractivity contribution < 1.29 is 5.11 Å². The first-order valence-corrected chi connectivity index (χ1v) is 5.10. The maximum Gasteiger partial charge on any atom is 0.149 e. The fraction of sp³-hybridized carbons (Fsp3) is 0.167. The summed E-state index contributed by atoms with van der Waals surface area (Å²) in [6, 6.07) is 13.2. The lowest BCUT2D eigenvalue weighted by Crippen LogP contribution is -2.15. The zero-order valence-corrected chi connectivity index (χ0v) is 8.74. The SMILES string of the molecule is OCC(Nc1cccnn1)c1ccccc1. The molecule has 2 aromatic rings. The predicted molar refractivity (Wildman–Crippen MR) is 61.9 cm³/mol. The molecule has 1 aromatic carbocycles. The quantitative estimate of drug-likeness (QED) is 0.813. The number of rotatable bonds is 4. The third-order valence-corrected chi connectivity index (χ3v) is 2.28. The second kappa shape index (κ2) is 5.23. The van der Waals surface area contributed by atoms with Crippen LogP contribution in [-0.4, -0.2) is 21.9 Å². The monoisotopic (exact) mass is 215 g/mol. The molecule has 1 heterocycles. The summed E-state index contributed by atoms with van der Waals surface area (Å²) in [4.78, 5) is 0. The molecule has 0 aliphatic rings. The molecule has 0 saturated heterocycles. The average Bonchev–Trinajstić information content (AvgIpc) is 2.38. The minimum absolute atomic E-state index is 0.0145. The van der Waals surface area contributed by atoms with Crippen LogP contribution in [0.1, 0.15) is 11.6 Å². The number of benzene rings is 1. The maximum absolute atomic E-state index is 9.33. The highest BCUT2D eigenvalue weighted by atomic mass is 16.3. The van der Waals surface area contributed by atoms with E-state index in [0.29, 0.717) is 5.82 Å². The van der Waals surface area contributed by atoms with Crippen LogP contribution in [0.15, 0.2) is 48.7 Å². The normalized spacial score (nSPS) is 12.1. The van der Waals surface area contributed by atoms with Crippen LogP contribution in [0.4, 0.5) is 5.82 Å². The van der Waals surface area contributed by atoms with Gasteiger partial charge in [0.25, 0.3) is 0 Å². The molecule has 16 heavy (non-hydrogen) atoms. The van der Waals surface area contributed by atoms with Crippen molar-refractivity contribution in [2.45, 2.75) is 6.04 Å². The molecule has 2 rings (SSSR count). The van der Waals surface area contributed by atoms with Crippen LogP contribution >= 0.6 is 0 Å². The Morgan fingerprint density at radius 2 is 1.94 bits per heavy atom. The van der Waals surface area contributed by atoms with Crippen molar-refractivity contribution in [3.05, 3.63) is 54.2 Å². The van der Waals surface area contributed by atoms with E-state index in [1.807, 2.05) is 36.4 Å². The Hall–Kier alpha value is -1.94. The first-order chi connectivity index (χ1) is 7.90. The number of nitrogens with one attached hydrogen (secondary N) is 1. The molecular weight excluding hydrogens is 202 g/mol. The number of anilines is 1. The van der Waals surface area contributed by atoms with Crippen LogP contribution in [0.3, 0.4) is 0 Å².